The molecule has 4 heteroatoms. The van der Waals surface area contributed by atoms with Crippen molar-refractivity contribution in [2.24, 2.45) is 5.73 Å². The number of nitrogens with two attached hydrogens (primary N) is 1. The maximum absolute atomic E-state index is 11.7. The molecule has 1 aromatic heterocycles. The van der Waals surface area contributed by atoms with Gasteiger partial charge in [-0.05, 0) is 31.0 Å². The third kappa shape index (κ3) is 4.95. The van der Waals surface area contributed by atoms with E-state index in [1.54, 1.807) is 12.4 Å². The molecule has 0 bridgehead atoms. The summed E-state index contributed by atoms with van der Waals surface area (Å²) < 4.78 is 0. The molecule has 1 unspecified atom stereocenters. The second-order valence-corrected chi connectivity index (χ2v) is 4.32. The van der Waals surface area contributed by atoms with Crippen LogP contribution in [0.5, 0.6) is 0 Å². The average Bonchev–Trinajstić information content (AvgIpc) is 2.30. The van der Waals surface area contributed by atoms with Crippen molar-refractivity contribution in [1.82, 2.24) is 10.3 Å². The molecule has 2 atom stereocenters. The SMILES string of the molecule is CCCC(N)CC(=O)N[C@@H](C)c1ccncc1. The fourth-order valence-electron chi connectivity index (χ4n) is 1.75. The number of nitrogens with zero attached hydrogens (tertiary/aromatic N) is 1. The number of nitrogens with one attached hydrogen (secondary N) is 1. The fraction of sp³-hybridized carbons (Fsp3) is 0.538. The van der Waals surface area contributed by atoms with E-state index in [4.69, 9.17) is 5.73 Å². The lowest BCUT2D eigenvalue weighted by atomic mass is 10.1. The number of rotatable bonds is 6. The van der Waals surface area contributed by atoms with Gasteiger partial charge in [0.25, 0.3) is 0 Å². The van der Waals surface area contributed by atoms with Gasteiger partial charge in [0.15, 0.2) is 0 Å². The number of pyridine rings is 1. The van der Waals surface area contributed by atoms with Gasteiger partial charge < -0.3 is 11.1 Å². The van der Waals surface area contributed by atoms with Crippen LogP contribution < -0.4 is 11.1 Å². The van der Waals surface area contributed by atoms with E-state index in [1.807, 2.05) is 19.1 Å². The van der Waals surface area contributed by atoms with E-state index in [1.165, 1.54) is 0 Å². The van der Waals surface area contributed by atoms with Gasteiger partial charge in [0.2, 0.25) is 5.91 Å². The molecule has 0 saturated carbocycles. The first-order valence-corrected chi connectivity index (χ1v) is 6.08. The highest BCUT2D eigenvalue weighted by Gasteiger charge is 2.12. The second kappa shape index (κ2) is 7.01. The van der Waals surface area contributed by atoms with Crippen molar-refractivity contribution in [2.75, 3.05) is 0 Å². The Labute approximate surface area is 103 Å². The zero-order valence-electron chi connectivity index (χ0n) is 10.5. The van der Waals surface area contributed by atoms with Gasteiger partial charge in [0, 0.05) is 24.9 Å². The van der Waals surface area contributed by atoms with Crippen LogP contribution in [0.15, 0.2) is 24.5 Å². The summed E-state index contributed by atoms with van der Waals surface area (Å²) in [5.41, 5.74) is 6.88. The Kier molecular flexibility index (Phi) is 5.63. The van der Waals surface area contributed by atoms with E-state index < -0.39 is 0 Å². The van der Waals surface area contributed by atoms with E-state index >= 15 is 0 Å². The van der Waals surface area contributed by atoms with Crippen LogP contribution in [0.2, 0.25) is 0 Å². The Morgan fingerprint density at radius 3 is 2.71 bits per heavy atom. The molecule has 0 aromatic carbocycles. The zero-order chi connectivity index (χ0) is 12.7. The molecule has 0 radical (unpaired) electrons. The van der Waals surface area contributed by atoms with Crippen LogP contribution >= 0.6 is 0 Å². The van der Waals surface area contributed by atoms with Crippen molar-refractivity contribution in [2.45, 2.75) is 45.2 Å². The molecule has 0 spiro atoms. The zero-order valence-corrected chi connectivity index (χ0v) is 10.5. The largest absolute Gasteiger partial charge is 0.350 e. The molecular weight excluding hydrogens is 214 g/mol. The van der Waals surface area contributed by atoms with E-state index in [9.17, 15) is 4.79 Å². The van der Waals surface area contributed by atoms with Crippen LogP contribution in [0.25, 0.3) is 0 Å². The van der Waals surface area contributed by atoms with Crippen molar-refractivity contribution in [3.63, 3.8) is 0 Å². The van der Waals surface area contributed by atoms with Gasteiger partial charge in [-0.3, -0.25) is 9.78 Å². The quantitative estimate of drug-likeness (QED) is 0.789. The lowest BCUT2D eigenvalue weighted by Crippen LogP contribution is -2.33. The van der Waals surface area contributed by atoms with Crippen LogP contribution in [0, 0.1) is 0 Å². The molecule has 17 heavy (non-hydrogen) atoms. The third-order valence-corrected chi connectivity index (χ3v) is 2.69. The Morgan fingerprint density at radius 1 is 1.47 bits per heavy atom. The second-order valence-electron chi connectivity index (χ2n) is 4.32. The van der Waals surface area contributed by atoms with Crippen LogP contribution in [0.1, 0.15) is 44.7 Å². The van der Waals surface area contributed by atoms with Crippen LogP contribution in [-0.2, 0) is 4.79 Å². The number of aromatic nitrogens is 1. The molecule has 94 valence electrons. The topological polar surface area (TPSA) is 68.0 Å². The van der Waals surface area contributed by atoms with Gasteiger partial charge >= 0.3 is 0 Å². The Balaban J connectivity index is 2.41. The van der Waals surface area contributed by atoms with E-state index in [0.29, 0.717) is 6.42 Å². The molecule has 0 aliphatic heterocycles. The predicted octanol–water partition coefficient (Wildman–Crippen LogP) is 1.78. The summed E-state index contributed by atoms with van der Waals surface area (Å²) in [5.74, 6) is 0.00950. The smallest absolute Gasteiger partial charge is 0.222 e. The lowest BCUT2D eigenvalue weighted by Gasteiger charge is -2.16. The maximum atomic E-state index is 11.7. The Morgan fingerprint density at radius 2 is 2.12 bits per heavy atom. The minimum Gasteiger partial charge on any atom is -0.350 e. The van der Waals surface area contributed by atoms with Gasteiger partial charge in [-0.2, -0.15) is 0 Å². The molecule has 1 heterocycles. The van der Waals surface area contributed by atoms with Gasteiger partial charge in [-0.15, -0.1) is 0 Å². The highest BCUT2D eigenvalue weighted by Crippen LogP contribution is 2.10. The summed E-state index contributed by atoms with van der Waals surface area (Å²) >= 11 is 0. The summed E-state index contributed by atoms with van der Waals surface area (Å²) in [5, 5.41) is 2.94. The first-order chi connectivity index (χ1) is 8.13. The van der Waals surface area contributed by atoms with Crippen LogP contribution in [-0.4, -0.2) is 16.9 Å². The van der Waals surface area contributed by atoms with Gasteiger partial charge in [0.1, 0.15) is 0 Å². The number of carbonyl (C=O) groups is 1. The standard InChI is InChI=1S/C13H21N3O/c1-3-4-12(14)9-13(17)16-10(2)11-5-7-15-8-6-11/h5-8,10,12H,3-4,9,14H2,1-2H3,(H,16,17)/t10-,12?/m0/s1. The Bertz CT molecular complexity index is 340. The van der Waals surface area contributed by atoms with Gasteiger partial charge in [-0.25, -0.2) is 0 Å². The number of amides is 1. The maximum Gasteiger partial charge on any atom is 0.222 e. The molecule has 1 aromatic rings. The number of carbonyl (C=O) groups excluding carboxylic acids is 1. The molecule has 1 amide bonds. The molecule has 4 nitrogen and oxygen atoms in total. The van der Waals surface area contributed by atoms with E-state index in [2.05, 4.69) is 17.2 Å². The van der Waals surface area contributed by atoms with Crippen molar-refractivity contribution in [3.8, 4) is 0 Å². The minimum absolute atomic E-state index is 0.000624. The number of hydrogen-bond donors (Lipinski definition) is 2. The summed E-state index contributed by atoms with van der Waals surface area (Å²) in [7, 11) is 0. The number of hydrogen-bond acceptors (Lipinski definition) is 3. The monoisotopic (exact) mass is 235 g/mol. The molecule has 0 saturated heterocycles. The summed E-state index contributed by atoms with van der Waals surface area (Å²) in [4.78, 5) is 15.7. The van der Waals surface area contributed by atoms with Crippen molar-refractivity contribution < 1.29 is 4.79 Å². The molecule has 3 N–H and O–H groups in total. The Hall–Kier alpha value is -1.42. The van der Waals surface area contributed by atoms with E-state index in [0.717, 1.165) is 18.4 Å². The van der Waals surface area contributed by atoms with Gasteiger partial charge in [-0.1, -0.05) is 13.3 Å². The van der Waals surface area contributed by atoms with Crippen molar-refractivity contribution in [1.29, 1.82) is 0 Å². The third-order valence-electron chi connectivity index (χ3n) is 2.69. The summed E-state index contributed by atoms with van der Waals surface area (Å²) in [6, 6.07) is 3.76. The summed E-state index contributed by atoms with van der Waals surface area (Å²) in [6.45, 7) is 4.02. The minimum atomic E-state index is -0.0374. The average molecular weight is 235 g/mol. The first-order valence-electron chi connectivity index (χ1n) is 6.08. The highest BCUT2D eigenvalue weighted by atomic mass is 16.1. The molecule has 0 aliphatic rings. The highest BCUT2D eigenvalue weighted by molar-refractivity contribution is 5.77. The molecule has 0 fully saturated rings. The van der Waals surface area contributed by atoms with Crippen LogP contribution in [0.3, 0.4) is 0 Å². The van der Waals surface area contributed by atoms with Crippen molar-refractivity contribution in [3.05, 3.63) is 30.1 Å². The molecular formula is C13H21N3O. The van der Waals surface area contributed by atoms with E-state index in [-0.39, 0.29) is 18.0 Å². The fourth-order valence-corrected chi connectivity index (χ4v) is 1.75. The molecule has 1 rings (SSSR count). The lowest BCUT2D eigenvalue weighted by molar-refractivity contribution is -0.122. The van der Waals surface area contributed by atoms with Gasteiger partial charge in [0.05, 0.1) is 6.04 Å². The normalized spacial score (nSPS) is 14.1. The molecule has 0 aliphatic carbocycles. The predicted molar refractivity (Wildman–Crippen MR) is 68.3 cm³/mol. The van der Waals surface area contributed by atoms with Crippen LogP contribution in [0.4, 0.5) is 0 Å². The van der Waals surface area contributed by atoms with Crippen molar-refractivity contribution >= 4 is 5.91 Å². The first kappa shape index (κ1) is 13.6. The summed E-state index contributed by atoms with van der Waals surface area (Å²) in [6.07, 6.45) is 5.73.